The van der Waals surface area contributed by atoms with Gasteiger partial charge in [-0.3, -0.25) is 0 Å². The van der Waals surface area contributed by atoms with Crippen LogP contribution in [0, 0.1) is 0 Å². The van der Waals surface area contributed by atoms with Crippen LogP contribution in [0.4, 0.5) is 0 Å². The van der Waals surface area contributed by atoms with Gasteiger partial charge in [-0.1, -0.05) is 12.2 Å². The molecule has 0 radical (unpaired) electrons. The molecule has 0 aliphatic heterocycles. The topological polar surface area (TPSA) is 32.3 Å². The third kappa shape index (κ3) is 3.54. The summed E-state index contributed by atoms with van der Waals surface area (Å²) < 4.78 is 0. The summed E-state index contributed by atoms with van der Waals surface area (Å²) in [5, 5.41) is 12.0. The summed E-state index contributed by atoms with van der Waals surface area (Å²) in [7, 11) is 0. The van der Waals surface area contributed by atoms with Crippen molar-refractivity contribution in [3.63, 3.8) is 0 Å². The summed E-state index contributed by atoms with van der Waals surface area (Å²) in [6.07, 6.45) is 8.97. The Morgan fingerprint density at radius 3 is 3.00 bits per heavy atom. The number of rotatable bonds is 4. The van der Waals surface area contributed by atoms with Crippen molar-refractivity contribution in [2.24, 2.45) is 0 Å². The second-order valence-electron chi connectivity index (χ2n) is 3.01. The Labute approximate surface area is 68.3 Å². The van der Waals surface area contributed by atoms with Gasteiger partial charge in [0.15, 0.2) is 0 Å². The van der Waals surface area contributed by atoms with Crippen LogP contribution in [-0.2, 0) is 0 Å². The summed E-state index contributed by atoms with van der Waals surface area (Å²) in [4.78, 5) is 0. The van der Waals surface area contributed by atoms with E-state index in [2.05, 4.69) is 17.5 Å². The Kier molecular flexibility index (Phi) is 4.24. The highest BCUT2D eigenvalue weighted by Gasteiger charge is 2.07. The fourth-order valence-corrected chi connectivity index (χ4v) is 1.36. The first kappa shape index (κ1) is 8.75. The monoisotopic (exact) mass is 155 g/mol. The number of allylic oxidation sites excluding steroid dienone is 1. The fraction of sp³-hybridized carbons (Fsp3) is 0.778. The van der Waals surface area contributed by atoms with E-state index in [1.54, 1.807) is 0 Å². The highest BCUT2D eigenvalue weighted by molar-refractivity contribution is 4.92. The molecule has 2 nitrogen and oxygen atoms in total. The second-order valence-corrected chi connectivity index (χ2v) is 3.01. The number of hydrogen-bond donors (Lipinski definition) is 2. The molecule has 0 aromatic heterocycles. The lowest BCUT2D eigenvalue weighted by molar-refractivity contribution is 0.282. The number of aliphatic hydroxyl groups is 1. The third-order valence-electron chi connectivity index (χ3n) is 2.04. The van der Waals surface area contributed by atoms with Crippen LogP contribution in [0.1, 0.15) is 25.7 Å². The quantitative estimate of drug-likeness (QED) is 0.470. The highest BCUT2D eigenvalue weighted by atomic mass is 16.3. The Morgan fingerprint density at radius 1 is 1.45 bits per heavy atom. The molecule has 11 heavy (non-hydrogen) atoms. The van der Waals surface area contributed by atoms with E-state index in [4.69, 9.17) is 5.11 Å². The molecule has 0 spiro atoms. The molecule has 2 heteroatoms. The van der Waals surface area contributed by atoms with E-state index in [-0.39, 0.29) is 0 Å². The minimum atomic E-state index is 0.301. The molecule has 1 aliphatic rings. The predicted octanol–water partition coefficient (Wildman–Crippen LogP) is 1.07. The molecular weight excluding hydrogens is 138 g/mol. The van der Waals surface area contributed by atoms with E-state index in [1.807, 2.05) is 0 Å². The van der Waals surface area contributed by atoms with Gasteiger partial charge in [0.05, 0.1) is 0 Å². The molecule has 1 rings (SSSR count). The number of aliphatic hydroxyl groups excluding tert-OH is 1. The zero-order valence-electron chi connectivity index (χ0n) is 6.92. The lowest BCUT2D eigenvalue weighted by atomic mass is 10.0. The molecular formula is C9H17NO. The van der Waals surface area contributed by atoms with E-state index in [1.165, 1.54) is 12.8 Å². The minimum absolute atomic E-state index is 0.301. The van der Waals surface area contributed by atoms with E-state index in [9.17, 15) is 0 Å². The molecule has 0 fully saturated rings. The summed E-state index contributed by atoms with van der Waals surface area (Å²) >= 11 is 0. The number of hydrogen-bond acceptors (Lipinski definition) is 2. The van der Waals surface area contributed by atoms with E-state index in [0.717, 1.165) is 19.4 Å². The average Bonchev–Trinajstić information content (AvgIpc) is 2.07. The van der Waals surface area contributed by atoms with Crippen molar-refractivity contribution in [2.45, 2.75) is 31.7 Å². The van der Waals surface area contributed by atoms with Crippen molar-refractivity contribution in [1.82, 2.24) is 5.32 Å². The molecule has 1 atom stereocenters. The summed E-state index contributed by atoms with van der Waals surface area (Å²) in [6, 6.07) is 0.659. The zero-order valence-corrected chi connectivity index (χ0v) is 6.92. The molecule has 0 saturated carbocycles. The maximum atomic E-state index is 8.54. The summed E-state index contributed by atoms with van der Waals surface area (Å²) in [5.74, 6) is 0. The van der Waals surface area contributed by atoms with Gasteiger partial charge in [0.1, 0.15) is 0 Å². The Morgan fingerprint density at radius 2 is 2.36 bits per heavy atom. The number of nitrogens with one attached hydrogen (secondary N) is 1. The van der Waals surface area contributed by atoms with E-state index in [0.29, 0.717) is 12.6 Å². The van der Waals surface area contributed by atoms with Gasteiger partial charge in [0.2, 0.25) is 0 Å². The molecule has 1 aliphatic carbocycles. The lowest BCUT2D eigenvalue weighted by Gasteiger charge is -2.18. The van der Waals surface area contributed by atoms with Gasteiger partial charge in [0, 0.05) is 12.6 Å². The van der Waals surface area contributed by atoms with Gasteiger partial charge < -0.3 is 10.4 Å². The van der Waals surface area contributed by atoms with Gasteiger partial charge >= 0.3 is 0 Å². The van der Waals surface area contributed by atoms with Crippen LogP contribution in [0.5, 0.6) is 0 Å². The molecule has 0 bridgehead atoms. The summed E-state index contributed by atoms with van der Waals surface area (Å²) in [5.41, 5.74) is 0. The molecule has 0 amide bonds. The van der Waals surface area contributed by atoms with Crippen LogP contribution in [0.3, 0.4) is 0 Å². The molecule has 1 unspecified atom stereocenters. The molecule has 0 saturated heterocycles. The minimum Gasteiger partial charge on any atom is -0.396 e. The first-order valence-electron chi connectivity index (χ1n) is 4.42. The normalized spacial score (nSPS) is 23.9. The SMILES string of the molecule is OCCCNC1CC=CCC1. The van der Waals surface area contributed by atoms with E-state index < -0.39 is 0 Å². The predicted molar refractivity (Wildman–Crippen MR) is 46.5 cm³/mol. The Balaban J connectivity index is 2.02. The summed E-state index contributed by atoms with van der Waals surface area (Å²) in [6.45, 7) is 1.25. The van der Waals surface area contributed by atoms with Crippen LogP contribution in [0.25, 0.3) is 0 Å². The van der Waals surface area contributed by atoms with Crippen LogP contribution in [-0.4, -0.2) is 24.3 Å². The second kappa shape index (κ2) is 5.33. The third-order valence-corrected chi connectivity index (χ3v) is 2.04. The van der Waals surface area contributed by atoms with Gasteiger partial charge in [-0.2, -0.15) is 0 Å². The van der Waals surface area contributed by atoms with Crippen molar-refractivity contribution in [1.29, 1.82) is 0 Å². The largest absolute Gasteiger partial charge is 0.396 e. The molecule has 2 N–H and O–H groups in total. The molecule has 64 valence electrons. The Hall–Kier alpha value is -0.340. The van der Waals surface area contributed by atoms with Crippen molar-refractivity contribution >= 4 is 0 Å². The van der Waals surface area contributed by atoms with Gasteiger partial charge in [0.25, 0.3) is 0 Å². The molecule has 0 aromatic carbocycles. The van der Waals surface area contributed by atoms with Crippen molar-refractivity contribution < 1.29 is 5.11 Å². The molecule has 0 aromatic rings. The highest BCUT2D eigenvalue weighted by Crippen LogP contribution is 2.09. The lowest BCUT2D eigenvalue weighted by Crippen LogP contribution is -2.30. The smallest absolute Gasteiger partial charge is 0.0443 e. The maximum Gasteiger partial charge on any atom is 0.0443 e. The van der Waals surface area contributed by atoms with Crippen molar-refractivity contribution in [2.75, 3.05) is 13.2 Å². The van der Waals surface area contributed by atoms with Gasteiger partial charge in [-0.15, -0.1) is 0 Å². The average molecular weight is 155 g/mol. The first-order valence-corrected chi connectivity index (χ1v) is 4.42. The first-order chi connectivity index (χ1) is 5.43. The Bertz CT molecular complexity index is 123. The fourth-order valence-electron chi connectivity index (χ4n) is 1.36. The van der Waals surface area contributed by atoms with Gasteiger partial charge in [-0.05, 0) is 32.2 Å². The molecule has 0 heterocycles. The van der Waals surface area contributed by atoms with Crippen LogP contribution < -0.4 is 5.32 Å². The van der Waals surface area contributed by atoms with Crippen molar-refractivity contribution in [3.05, 3.63) is 12.2 Å². The van der Waals surface area contributed by atoms with Gasteiger partial charge in [-0.25, -0.2) is 0 Å². The van der Waals surface area contributed by atoms with Crippen LogP contribution >= 0.6 is 0 Å². The van der Waals surface area contributed by atoms with Crippen LogP contribution in [0.2, 0.25) is 0 Å². The standard InChI is InChI=1S/C9H17NO/c11-8-4-7-10-9-5-2-1-3-6-9/h1-2,9-11H,3-8H2. The van der Waals surface area contributed by atoms with Crippen LogP contribution in [0.15, 0.2) is 12.2 Å². The van der Waals surface area contributed by atoms with Crippen molar-refractivity contribution in [3.8, 4) is 0 Å². The zero-order chi connectivity index (χ0) is 7.94. The maximum absolute atomic E-state index is 8.54. The van der Waals surface area contributed by atoms with E-state index >= 15 is 0 Å².